The quantitative estimate of drug-likeness (QED) is 0.0261. The highest BCUT2D eigenvalue weighted by atomic mass is 16.6. The Morgan fingerprint density at radius 3 is 0.890 bits per heavy atom. The van der Waals surface area contributed by atoms with Crippen LogP contribution in [0.25, 0.3) is 0 Å². The number of rotatable bonds is 57. The van der Waals surface area contributed by atoms with E-state index in [2.05, 4.69) is 93.7 Å². The molecule has 0 bridgehead atoms. The average molecular weight is 1020 g/mol. The molecule has 0 saturated carbocycles. The summed E-state index contributed by atoms with van der Waals surface area (Å²) in [5.41, 5.74) is 0. The summed E-state index contributed by atoms with van der Waals surface area (Å²) in [4.78, 5) is 38.2. The maximum atomic E-state index is 12.9. The van der Waals surface area contributed by atoms with Gasteiger partial charge in [0.05, 0.1) is 0 Å². The number of allylic oxidation sites excluding steroid dienone is 12. The fourth-order valence-corrected chi connectivity index (χ4v) is 8.98. The maximum Gasteiger partial charge on any atom is 0.306 e. The van der Waals surface area contributed by atoms with Crippen molar-refractivity contribution < 1.29 is 28.6 Å². The molecule has 6 nitrogen and oxygen atoms in total. The molecule has 0 spiro atoms. The summed E-state index contributed by atoms with van der Waals surface area (Å²) < 4.78 is 16.9. The van der Waals surface area contributed by atoms with Gasteiger partial charge in [-0.3, -0.25) is 14.4 Å². The van der Waals surface area contributed by atoms with Gasteiger partial charge in [-0.1, -0.05) is 286 Å². The van der Waals surface area contributed by atoms with Gasteiger partial charge >= 0.3 is 17.9 Å². The largest absolute Gasteiger partial charge is 0.462 e. The minimum absolute atomic E-state index is 0.0834. The predicted octanol–water partition coefficient (Wildman–Crippen LogP) is 21.3. The van der Waals surface area contributed by atoms with Crippen molar-refractivity contribution in [2.45, 2.75) is 322 Å². The molecule has 0 rings (SSSR count). The van der Waals surface area contributed by atoms with Crippen LogP contribution in [0.3, 0.4) is 0 Å². The molecule has 1 unspecified atom stereocenters. The summed E-state index contributed by atoms with van der Waals surface area (Å²) in [6, 6.07) is 0. The molecule has 0 aliphatic carbocycles. The number of hydrogen-bond acceptors (Lipinski definition) is 6. The molecule has 0 saturated heterocycles. The monoisotopic (exact) mass is 1020 g/mol. The first-order chi connectivity index (χ1) is 36.0. The number of unbranched alkanes of at least 4 members (excludes halogenated alkanes) is 34. The lowest BCUT2D eigenvalue weighted by molar-refractivity contribution is -0.167. The summed E-state index contributed by atoms with van der Waals surface area (Å²) in [5, 5.41) is 0. The minimum atomic E-state index is -0.788. The van der Waals surface area contributed by atoms with Gasteiger partial charge in [-0.05, 0) is 83.5 Å². The lowest BCUT2D eigenvalue weighted by Crippen LogP contribution is -2.30. The molecule has 0 amide bonds. The third-order valence-corrected chi connectivity index (χ3v) is 13.7. The number of carbonyl (C=O) groups excluding carboxylic acids is 3. The van der Waals surface area contributed by atoms with E-state index < -0.39 is 6.10 Å². The summed E-state index contributed by atoms with van der Waals surface area (Å²) in [6.45, 7) is 6.50. The highest BCUT2D eigenvalue weighted by molar-refractivity contribution is 5.71. The molecule has 0 aliphatic rings. The van der Waals surface area contributed by atoms with E-state index in [-0.39, 0.29) is 31.1 Å². The molecule has 1 atom stereocenters. The second kappa shape index (κ2) is 61.4. The fourth-order valence-electron chi connectivity index (χ4n) is 8.98. The lowest BCUT2D eigenvalue weighted by Gasteiger charge is -2.18. The van der Waals surface area contributed by atoms with E-state index in [1.807, 2.05) is 0 Å². The highest BCUT2D eigenvalue weighted by Crippen LogP contribution is 2.17. The van der Waals surface area contributed by atoms with E-state index in [1.165, 1.54) is 161 Å². The van der Waals surface area contributed by atoms with Crippen molar-refractivity contribution >= 4 is 17.9 Å². The first kappa shape index (κ1) is 69.8. The van der Waals surface area contributed by atoms with E-state index in [0.29, 0.717) is 19.3 Å². The third-order valence-electron chi connectivity index (χ3n) is 13.7. The van der Waals surface area contributed by atoms with Crippen LogP contribution in [-0.4, -0.2) is 37.2 Å². The molecule has 6 heteroatoms. The maximum absolute atomic E-state index is 12.9. The molecule has 0 radical (unpaired) electrons. The van der Waals surface area contributed by atoms with E-state index in [0.717, 1.165) is 116 Å². The summed E-state index contributed by atoms with van der Waals surface area (Å²) in [7, 11) is 0. The van der Waals surface area contributed by atoms with Gasteiger partial charge in [0, 0.05) is 19.3 Å². The van der Waals surface area contributed by atoms with E-state index in [1.54, 1.807) is 0 Å². The van der Waals surface area contributed by atoms with Crippen LogP contribution in [0, 0.1) is 0 Å². The lowest BCUT2D eigenvalue weighted by atomic mass is 10.0. The number of hydrogen-bond donors (Lipinski definition) is 0. The van der Waals surface area contributed by atoms with Gasteiger partial charge in [-0.2, -0.15) is 0 Å². The second-order valence-electron chi connectivity index (χ2n) is 20.9. The molecule has 73 heavy (non-hydrogen) atoms. The summed E-state index contributed by atoms with van der Waals surface area (Å²) in [6.07, 6.45) is 79.1. The van der Waals surface area contributed by atoms with E-state index in [4.69, 9.17) is 14.2 Å². The molecule has 422 valence electrons. The van der Waals surface area contributed by atoms with Gasteiger partial charge in [0.1, 0.15) is 13.2 Å². The zero-order valence-electron chi connectivity index (χ0n) is 48.4. The first-order valence-corrected chi connectivity index (χ1v) is 31.4. The Morgan fingerprint density at radius 1 is 0.288 bits per heavy atom. The normalized spacial score (nSPS) is 12.5. The summed E-state index contributed by atoms with van der Waals surface area (Å²) >= 11 is 0. The second-order valence-corrected chi connectivity index (χ2v) is 20.9. The number of carbonyl (C=O) groups is 3. The SMILES string of the molecule is CC/C=C\C/C=C\C/C=C\C/C=C\C/C=C\CCCCCCCC(=O)OC(COC(=O)CCCCCCC/C=C\CCCC)COC(=O)CCCCCCCCCCCCCCCCCCCCCCCCC. The Morgan fingerprint density at radius 2 is 0.548 bits per heavy atom. The molecule has 0 aromatic rings. The topological polar surface area (TPSA) is 78.9 Å². The van der Waals surface area contributed by atoms with Gasteiger partial charge in [-0.15, -0.1) is 0 Å². The van der Waals surface area contributed by atoms with Crippen molar-refractivity contribution in [3.63, 3.8) is 0 Å². The molecular weight excluding hydrogens is 901 g/mol. The van der Waals surface area contributed by atoms with Crippen LogP contribution in [0.1, 0.15) is 316 Å². The number of ether oxygens (including phenoxy) is 3. The minimum Gasteiger partial charge on any atom is -0.462 e. The Balaban J connectivity index is 4.29. The van der Waals surface area contributed by atoms with Crippen LogP contribution in [0.5, 0.6) is 0 Å². The molecule has 0 aromatic heterocycles. The highest BCUT2D eigenvalue weighted by Gasteiger charge is 2.19. The predicted molar refractivity (Wildman–Crippen MR) is 316 cm³/mol. The van der Waals surface area contributed by atoms with Crippen molar-refractivity contribution in [1.82, 2.24) is 0 Å². The molecule has 0 heterocycles. The zero-order valence-corrected chi connectivity index (χ0v) is 48.4. The van der Waals surface area contributed by atoms with Crippen LogP contribution >= 0.6 is 0 Å². The number of esters is 3. The van der Waals surface area contributed by atoms with Gasteiger partial charge in [-0.25, -0.2) is 0 Å². The molecule has 0 aliphatic heterocycles. The Kier molecular flexibility index (Phi) is 58.7. The Hall–Kier alpha value is -3.15. The van der Waals surface area contributed by atoms with Crippen LogP contribution in [0.4, 0.5) is 0 Å². The van der Waals surface area contributed by atoms with Gasteiger partial charge < -0.3 is 14.2 Å². The van der Waals surface area contributed by atoms with Gasteiger partial charge in [0.2, 0.25) is 0 Å². The van der Waals surface area contributed by atoms with Crippen LogP contribution < -0.4 is 0 Å². The van der Waals surface area contributed by atoms with E-state index >= 15 is 0 Å². The van der Waals surface area contributed by atoms with Crippen LogP contribution in [-0.2, 0) is 28.6 Å². The van der Waals surface area contributed by atoms with Crippen LogP contribution in [0.2, 0.25) is 0 Å². The van der Waals surface area contributed by atoms with Crippen LogP contribution in [0.15, 0.2) is 72.9 Å². The molecular formula is C67H118O6. The van der Waals surface area contributed by atoms with Gasteiger partial charge in [0.25, 0.3) is 0 Å². The fraction of sp³-hybridized carbons (Fsp3) is 0.776. The summed E-state index contributed by atoms with van der Waals surface area (Å²) in [5.74, 6) is -0.899. The van der Waals surface area contributed by atoms with Crippen molar-refractivity contribution in [1.29, 1.82) is 0 Å². The Bertz CT molecular complexity index is 1360. The van der Waals surface area contributed by atoms with Crippen molar-refractivity contribution in [3.8, 4) is 0 Å². The molecule has 0 fully saturated rings. The smallest absolute Gasteiger partial charge is 0.306 e. The van der Waals surface area contributed by atoms with Crippen molar-refractivity contribution in [2.24, 2.45) is 0 Å². The van der Waals surface area contributed by atoms with Gasteiger partial charge in [0.15, 0.2) is 6.10 Å². The third kappa shape index (κ3) is 59.6. The Labute approximate surface area is 453 Å². The van der Waals surface area contributed by atoms with Crippen molar-refractivity contribution in [2.75, 3.05) is 13.2 Å². The van der Waals surface area contributed by atoms with E-state index in [9.17, 15) is 14.4 Å². The average Bonchev–Trinajstić information content (AvgIpc) is 3.39. The molecule has 0 aromatic carbocycles. The standard InChI is InChI=1S/C67H118O6/c1-4-7-10-13-16-19-22-24-26-28-30-32-33-35-36-38-40-42-45-48-51-54-57-60-66(69)72-63-64(62-71-65(68)59-56-53-50-47-44-21-18-15-12-9-6-3)73-67(70)61-58-55-52-49-46-43-41-39-37-34-31-29-27-25-23-20-17-14-11-8-5-2/h8,11,15,17-18,20,25,27,31,34,39,41,64H,4-7,9-10,12-14,16,19,21-24,26,28-30,32-33,35-38,40,42-63H2,1-3H3/b11-8-,18-15-,20-17-,27-25-,34-31-,41-39-. The molecule has 0 N–H and O–H groups in total. The van der Waals surface area contributed by atoms with Crippen molar-refractivity contribution in [3.05, 3.63) is 72.9 Å². The first-order valence-electron chi connectivity index (χ1n) is 31.4. The zero-order chi connectivity index (χ0) is 52.9.